The quantitative estimate of drug-likeness (QED) is 0.738. The van der Waals surface area contributed by atoms with Gasteiger partial charge in [0.1, 0.15) is 0 Å². The third-order valence-corrected chi connectivity index (χ3v) is 6.57. The van der Waals surface area contributed by atoms with Crippen LogP contribution in [0.3, 0.4) is 0 Å². The molecule has 0 radical (unpaired) electrons. The molecule has 2 saturated carbocycles. The molecule has 1 N–H and O–H groups in total. The topological polar surface area (TPSA) is 20.2 Å². The molecule has 1 nitrogen and oxygen atoms in total. The molecule has 0 aromatic heterocycles. The van der Waals surface area contributed by atoms with Gasteiger partial charge in [0.2, 0.25) is 0 Å². The fourth-order valence-electron chi connectivity index (χ4n) is 2.72. The van der Waals surface area contributed by atoms with Crippen LogP contribution in [0.1, 0.15) is 25.7 Å². The van der Waals surface area contributed by atoms with Crippen LogP contribution >= 0.6 is 31.9 Å². The lowest BCUT2D eigenvalue weighted by Crippen LogP contribution is -2.16. The Morgan fingerprint density at radius 2 is 1.38 bits per heavy atom. The summed E-state index contributed by atoms with van der Waals surface area (Å²) in [5.74, 6) is 2.31. The third-order valence-electron chi connectivity index (χ3n) is 3.66. The first-order chi connectivity index (χ1) is 6.24. The predicted octanol–water partition coefficient (Wildman–Crippen LogP) is 2.94. The monoisotopic (exact) mass is 310 g/mol. The number of halogens is 2. The van der Waals surface area contributed by atoms with Crippen molar-refractivity contribution >= 4 is 31.9 Å². The molecule has 13 heavy (non-hydrogen) atoms. The van der Waals surface area contributed by atoms with Crippen LogP contribution in [0.4, 0.5) is 0 Å². The molecule has 0 amide bonds. The van der Waals surface area contributed by atoms with Crippen molar-refractivity contribution in [1.82, 2.24) is 0 Å². The number of hydrogen-bond acceptors (Lipinski definition) is 1. The predicted molar refractivity (Wildman–Crippen MR) is 61.5 cm³/mol. The van der Waals surface area contributed by atoms with Gasteiger partial charge in [-0.25, -0.2) is 0 Å². The van der Waals surface area contributed by atoms with E-state index in [1.807, 2.05) is 0 Å². The molecule has 0 saturated heterocycles. The zero-order valence-corrected chi connectivity index (χ0v) is 10.8. The highest BCUT2D eigenvalue weighted by Crippen LogP contribution is 2.54. The van der Waals surface area contributed by atoms with Crippen LogP contribution in [0.2, 0.25) is 0 Å². The van der Waals surface area contributed by atoms with Crippen LogP contribution in [0.15, 0.2) is 0 Å². The number of aliphatic hydroxyl groups is 1. The maximum atomic E-state index is 9.13. The molecule has 2 fully saturated rings. The van der Waals surface area contributed by atoms with Crippen molar-refractivity contribution < 1.29 is 5.11 Å². The van der Waals surface area contributed by atoms with E-state index in [1.165, 1.54) is 25.7 Å². The van der Waals surface area contributed by atoms with E-state index in [0.29, 0.717) is 22.2 Å². The molecule has 3 heteroatoms. The van der Waals surface area contributed by atoms with Gasteiger partial charge in [-0.1, -0.05) is 31.9 Å². The van der Waals surface area contributed by atoms with Crippen molar-refractivity contribution in [3.63, 3.8) is 0 Å². The second-order valence-corrected chi connectivity index (χ2v) is 6.71. The Morgan fingerprint density at radius 3 is 1.77 bits per heavy atom. The summed E-state index contributed by atoms with van der Waals surface area (Å²) in [5.41, 5.74) is 0. The van der Waals surface area contributed by atoms with Crippen LogP contribution < -0.4 is 0 Å². The van der Waals surface area contributed by atoms with Gasteiger partial charge < -0.3 is 5.11 Å². The molecule has 2 aliphatic rings. The molecule has 0 spiro atoms. The fourth-order valence-corrected chi connectivity index (χ4v) is 3.77. The van der Waals surface area contributed by atoms with Gasteiger partial charge in [-0.3, -0.25) is 0 Å². The molecular weight excluding hydrogens is 296 g/mol. The van der Waals surface area contributed by atoms with E-state index in [-0.39, 0.29) is 0 Å². The van der Waals surface area contributed by atoms with Crippen molar-refractivity contribution in [2.75, 3.05) is 6.61 Å². The first kappa shape index (κ1) is 10.4. The lowest BCUT2D eigenvalue weighted by Gasteiger charge is -2.18. The Kier molecular flexibility index (Phi) is 3.37. The molecule has 0 bridgehead atoms. The molecule has 2 rings (SSSR count). The molecule has 76 valence electrons. The zero-order valence-electron chi connectivity index (χ0n) is 7.63. The molecule has 0 aromatic carbocycles. The number of aliphatic hydroxyl groups excluding tert-OH is 1. The molecule has 4 atom stereocenters. The third kappa shape index (κ3) is 2.13. The maximum absolute atomic E-state index is 9.13. The van der Waals surface area contributed by atoms with E-state index in [1.54, 1.807) is 0 Å². The lowest BCUT2D eigenvalue weighted by atomic mass is 10.0. The van der Waals surface area contributed by atoms with Crippen molar-refractivity contribution in [3.05, 3.63) is 0 Å². The van der Waals surface area contributed by atoms with Crippen LogP contribution in [0.25, 0.3) is 0 Å². The van der Waals surface area contributed by atoms with Gasteiger partial charge in [-0.15, -0.1) is 0 Å². The smallest absolute Gasteiger partial charge is 0.0464 e. The van der Waals surface area contributed by atoms with Crippen LogP contribution in [-0.2, 0) is 0 Å². The Balaban J connectivity index is 1.90. The standard InChI is InChI=1S/C10H16Br2O/c11-9-3-1-6-7(8(6)5-13)2-4-10(9)12/h6-10,13H,1-5H2. The minimum Gasteiger partial charge on any atom is -0.396 e. The Hall–Kier alpha value is 0.920. The van der Waals surface area contributed by atoms with Crippen LogP contribution in [-0.4, -0.2) is 21.4 Å². The van der Waals surface area contributed by atoms with Crippen molar-refractivity contribution in [1.29, 1.82) is 0 Å². The minimum atomic E-state index is 0.412. The van der Waals surface area contributed by atoms with E-state index in [0.717, 1.165) is 11.8 Å². The number of rotatable bonds is 1. The van der Waals surface area contributed by atoms with Gasteiger partial charge in [0.25, 0.3) is 0 Å². The highest BCUT2D eigenvalue weighted by atomic mass is 79.9. The fraction of sp³-hybridized carbons (Fsp3) is 1.00. The highest BCUT2D eigenvalue weighted by Gasteiger charge is 2.49. The second-order valence-electron chi connectivity index (χ2n) is 4.36. The Labute approximate surface area is 96.5 Å². The highest BCUT2D eigenvalue weighted by molar-refractivity contribution is 9.12. The SMILES string of the molecule is OCC1C2CCC(Br)C(Br)CCC12. The van der Waals surface area contributed by atoms with Crippen molar-refractivity contribution in [2.45, 2.75) is 35.3 Å². The summed E-state index contributed by atoms with van der Waals surface area (Å²) in [4.78, 5) is 1.27. The van der Waals surface area contributed by atoms with Gasteiger partial charge in [-0.2, -0.15) is 0 Å². The first-order valence-electron chi connectivity index (χ1n) is 5.13. The molecule has 0 heterocycles. The number of fused-ring (bicyclic) bond motifs is 1. The molecule has 0 aliphatic heterocycles. The largest absolute Gasteiger partial charge is 0.396 e. The molecule has 4 unspecified atom stereocenters. The van der Waals surface area contributed by atoms with Crippen LogP contribution in [0, 0.1) is 17.8 Å². The summed E-state index contributed by atoms with van der Waals surface area (Å²) < 4.78 is 0. The van der Waals surface area contributed by atoms with Gasteiger partial charge in [-0.05, 0) is 43.4 Å². The lowest BCUT2D eigenvalue weighted by molar-refractivity contribution is 0.262. The Morgan fingerprint density at radius 1 is 0.923 bits per heavy atom. The number of hydrogen-bond donors (Lipinski definition) is 1. The summed E-state index contributed by atoms with van der Waals surface area (Å²) >= 11 is 7.43. The normalized spacial score (nSPS) is 50.5. The van der Waals surface area contributed by atoms with E-state index < -0.39 is 0 Å². The van der Waals surface area contributed by atoms with Crippen molar-refractivity contribution in [3.8, 4) is 0 Å². The first-order valence-corrected chi connectivity index (χ1v) is 6.96. The molecular formula is C10H16Br2O. The van der Waals surface area contributed by atoms with E-state index in [9.17, 15) is 0 Å². The molecule has 0 aromatic rings. The van der Waals surface area contributed by atoms with Crippen molar-refractivity contribution in [2.24, 2.45) is 17.8 Å². The average molecular weight is 312 g/mol. The van der Waals surface area contributed by atoms with Crippen LogP contribution in [0.5, 0.6) is 0 Å². The van der Waals surface area contributed by atoms with E-state index in [4.69, 9.17) is 5.11 Å². The summed E-state index contributed by atoms with van der Waals surface area (Å²) in [7, 11) is 0. The van der Waals surface area contributed by atoms with Gasteiger partial charge >= 0.3 is 0 Å². The maximum Gasteiger partial charge on any atom is 0.0464 e. The summed E-state index contributed by atoms with van der Waals surface area (Å²) in [6.07, 6.45) is 5.11. The summed E-state index contributed by atoms with van der Waals surface area (Å²) in [6.45, 7) is 0.412. The minimum absolute atomic E-state index is 0.412. The van der Waals surface area contributed by atoms with E-state index in [2.05, 4.69) is 31.9 Å². The van der Waals surface area contributed by atoms with Gasteiger partial charge in [0.05, 0.1) is 0 Å². The molecule has 2 aliphatic carbocycles. The van der Waals surface area contributed by atoms with Gasteiger partial charge in [0, 0.05) is 16.3 Å². The summed E-state index contributed by atoms with van der Waals surface area (Å²) in [6, 6.07) is 0. The number of alkyl halides is 2. The zero-order chi connectivity index (χ0) is 9.42. The summed E-state index contributed by atoms with van der Waals surface area (Å²) in [5, 5.41) is 9.13. The Bertz CT molecular complexity index is 168. The van der Waals surface area contributed by atoms with Gasteiger partial charge in [0.15, 0.2) is 0 Å². The van der Waals surface area contributed by atoms with E-state index >= 15 is 0 Å². The second kappa shape index (κ2) is 4.19. The average Bonchev–Trinajstić information content (AvgIpc) is 2.80.